The third kappa shape index (κ3) is 4.41. The van der Waals surface area contributed by atoms with Crippen LogP contribution in [0.5, 0.6) is 0 Å². The summed E-state index contributed by atoms with van der Waals surface area (Å²) in [7, 11) is 1.42. The van der Waals surface area contributed by atoms with Crippen molar-refractivity contribution in [3.8, 4) is 0 Å². The highest BCUT2D eigenvalue weighted by atomic mass is 16.5. The maximum absolute atomic E-state index is 12.9. The molecule has 0 aliphatic carbocycles. The fourth-order valence-corrected chi connectivity index (χ4v) is 4.14. The predicted octanol–water partition coefficient (Wildman–Crippen LogP) is 2.29. The summed E-state index contributed by atoms with van der Waals surface area (Å²) < 4.78 is 4.66. The zero-order chi connectivity index (χ0) is 18.4. The fraction of sp³-hybridized carbons (Fsp3) is 0.650. The maximum atomic E-state index is 12.9. The minimum atomic E-state index is -0.153. The first-order chi connectivity index (χ1) is 12.6. The van der Waals surface area contributed by atoms with Crippen molar-refractivity contribution in [3.63, 3.8) is 0 Å². The number of carbonyl (C=O) groups is 2. The molecule has 3 heterocycles. The largest absolute Gasteiger partial charge is 0.469 e. The zero-order valence-corrected chi connectivity index (χ0v) is 15.7. The lowest BCUT2D eigenvalue weighted by atomic mass is 9.70. The van der Waals surface area contributed by atoms with Crippen molar-refractivity contribution >= 4 is 17.4 Å². The third-order valence-corrected chi connectivity index (χ3v) is 5.95. The van der Waals surface area contributed by atoms with Crippen LogP contribution in [0.15, 0.2) is 24.5 Å². The Balaban J connectivity index is 1.44. The molecule has 3 rings (SSSR count). The number of nitrogens with zero attached hydrogens (tertiary/aromatic N) is 3. The third-order valence-electron chi connectivity index (χ3n) is 5.95. The summed E-state index contributed by atoms with van der Waals surface area (Å²) in [5.74, 6) is 0.255. The molecule has 1 aromatic heterocycles. The standard InChI is InChI=1S/C20H29N3O3/c1-26-19(25)4-2-3-12-22-13-7-20(18(24)16-22)8-14-23(15-9-20)17-5-10-21-11-6-17/h5-6,10-11H,2-4,7-9,12-16H2,1H3. The van der Waals surface area contributed by atoms with Gasteiger partial charge < -0.3 is 9.64 Å². The summed E-state index contributed by atoms with van der Waals surface area (Å²) in [5.41, 5.74) is 1.08. The fourth-order valence-electron chi connectivity index (χ4n) is 4.14. The lowest BCUT2D eigenvalue weighted by Gasteiger charge is -2.46. The van der Waals surface area contributed by atoms with Gasteiger partial charge in [0.1, 0.15) is 0 Å². The number of likely N-dealkylation sites (tertiary alicyclic amines) is 1. The van der Waals surface area contributed by atoms with E-state index in [2.05, 4.69) is 19.5 Å². The van der Waals surface area contributed by atoms with Crippen LogP contribution in [-0.4, -0.2) is 61.5 Å². The Morgan fingerprint density at radius 2 is 1.85 bits per heavy atom. The number of anilines is 1. The Labute approximate surface area is 155 Å². The van der Waals surface area contributed by atoms with Crippen LogP contribution in [0.25, 0.3) is 0 Å². The highest BCUT2D eigenvalue weighted by Crippen LogP contribution is 2.40. The number of pyridine rings is 1. The van der Waals surface area contributed by atoms with Gasteiger partial charge in [-0.25, -0.2) is 0 Å². The van der Waals surface area contributed by atoms with Crippen molar-refractivity contribution in [2.75, 3.05) is 44.7 Å². The molecule has 1 aromatic rings. The number of rotatable bonds is 6. The molecule has 2 aliphatic heterocycles. The van der Waals surface area contributed by atoms with E-state index in [1.54, 1.807) is 0 Å². The number of unbranched alkanes of at least 4 members (excludes halogenated alkanes) is 1. The molecular formula is C20H29N3O3. The van der Waals surface area contributed by atoms with Gasteiger partial charge in [-0.1, -0.05) is 0 Å². The lowest BCUT2D eigenvalue weighted by molar-refractivity contribution is -0.141. The van der Waals surface area contributed by atoms with Crippen molar-refractivity contribution in [2.24, 2.45) is 5.41 Å². The van der Waals surface area contributed by atoms with Crippen LogP contribution in [0.1, 0.15) is 38.5 Å². The SMILES string of the molecule is COC(=O)CCCCN1CCC2(CCN(c3ccncc3)CC2)C(=O)C1. The number of carbonyl (C=O) groups excluding carboxylic acids is 2. The molecule has 0 N–H and O–H groups in total. The molecule has 0 radical (unpaired) electrons. The van der Waals surface area contributed by atoms with Crippen molar-refractivity contribution < 1.29 is 14.3 Å². The Bertz CT molecular complexity index is 612. The highest BCUT2D eigenvalue weighted by molar-refractivity contribution is 5.87. The summed E-state index contributed by atoms with van der Waals surface area (Å²) in [5, 5.41) is 0. The summed E-state index contributed by atoms with van der Waals surface area (Å²) in [6, 6.07) is 4.08. The number of hydrogen-bond donors (Lipinski definition) is 0. The van der Waals surface area contributed by atoms with Crippen molar-refractivity contribution in [2.45, 2.75) is 38.5 Å². The molecular weight excluding hydrogens is 330 g/mol. The van der Waals surface area contributed by atoms with Gasteiger partial charge in [0.2, 0.25) is 0 Å². The van der Waals surface area contributed by atoms with E-state index in [1.807, 2.05) is 24.5 Å². The van der Waals surface area contributed by atoms with Gasteiger partial charge in [0.15, 0.2) is 5.78 Å². The predicted molar refractivity (Wildman–Crippen MR) is 100 cm³/mol. The molecule has 0 bridgehead atoms. The smallest absolute Gasteiger partial charge is 0.305 e. The normalized spacial score (nSPS) is 20.3. The maximum Gasteiger partial charge on any atom is 0.305 e. The molecule has 1 spiro atoms. The lowest BCUT2D eigenvalue weighted by Crippen LogP contribution is -2.53. The molecule has 0 atom stereocenters. The van der Waals surface area contributed by atoms with Crippen molar-refractivity contribution in [1.82, 2.24) is 9.88 Å². The first kappa shape index (κ1) is 18.8. The molecule has 142 valence electrons. The average Bonchev–Trinajstić information content (AvgIpc) is 2.69. The summed E-state index contributed by atoms with van der Waals surface area (Å²) in [4.78, 5) is 32.7. The zero-order valence-electron chi connectivity index (χ0n) is 15.7. The van der Waals surface area contributed by atoms with E-state index in [1.165, 1.54) is 12.8 Å². The van der Waals surface area contributed by atoms with Crippen LogP contribution < -0.4 is 4.90 Å². The minimum absolute atomic E-state index is 0.119. The van der Waals surface area contributed by atoms with Gasteiger partial charge in [-0.15, -0.1) is 0 Å². The Morgan fingerprint density at radius 1 is 1.15 bits per heavy atom. The Morgan fingerprint density at radius 3 is 2.50 bits per heavy atom. The van der Waals surface area contributed by atoms with Gasteiger partial charge in [0.05, 0.1) is 13.7 Å². The average molecular weight is 359 g/mol. The van der Waals surface area contributed by atoms with E-state index < -0.39 is 0 Å². The quantitative estimate of drug-likeness (QED) is 0.574. The molecule has 6 nitrogen and oxygen atoms in total. The van der Waals surface area contributed by atoms with E-state index >= 15 is 0 Å². The van der Waals surface area contributed by atoms with E-state index in [0.29, 0.717) is 18.7 Å². The minimum Gasteiger partial charge on any atom is -0.469 e. The molecule has 2 aliphatic rings. The van der Waals surface area contributed by atoms with Gasteiger partial charge in [0.25, 0.3) is 0 Å². The van der Waals surface area contributed by atoms with E-state index in [0.717, 1.165) is 58.3 Å². The van der Waals surface area contributed by atoms with E-state index in [9.17, 15) is 9.59 Å². The second kappa shape index (κ2) is 8.62. The molecule has 0 amide bonds. The van der Waals surface area contributed by atoms with Gasteiger partial charge in [0, 0.05) is 43.0 Å². The Hall–Kier alpha value is -1.95. The van der Waals surface area contributed by atoms with Gasteiger partial charge >= 0.3 is 5.97 Å². The second-order valence-corrected chi connectivity index (χ2v) is 7.46. The summed E-state index contributed by atoms with van der Waals surface area (Å²) >= 11 is 0. The van der Waals surface area contributed by atoms with E-state index in [4.69, 9.17) is 0 Å². The topological polar surface area (TPSA) is 62.7 Å². The van der Waals surface area contributed by atoms with Crippen LogP contribution in [0.3, 0.4) is 0 Å². The van der Waals surface area contributed by atoms with Gasteiger partial charge in [-0.2, -0.15) is 0 Å². The van der Waals surface area contributed by atoms with Crippen LogP contribution in [0, 0.1) is 5.41 Å². The first-order valence-corrected chi connectivity index (χ1v) is 9.60. The highest BCUT2D eigenvalue weighted by Gasteiger charge is 2.43. The number of ketones is 1. The molecule has 26 heavy (non-hydrogen) atoms. The van der Waals surface area contributed by atoms with Gasteiger partial charge in [-0.3, -0.25) is 19.5 Å². The van der Waals surface area contributed by atoms with Crippen LogP contribution in [-0.2, 0) is 14.3 Å². The first-order valence-electron chi connectivity index (χ1n) is 9.60. The number of aromatic nitrogens is 1. The van der Waals surface area contributed by atoms with Gasteiger partial charge in [-0.05, 0) is 57.3 Å². The molecule has 0 saturated carbocycles. The number of ether oxygens (including phenoxy) is 1. The summed E-state index contributed by atoms with van der Waals surface area (Å²) in [6.07, 6.45) is 8.73. The summed E-state index contributed by atoms with van der Waals surface area (Å²) in [6.45, 7) is 4.32. The van der Waals surface area contributed by atoms with Crippen LogP contribution in [0.2, 0.25) is 0 Å². The number of esters is 1. The molecule has 6 heteroatoms. The number of Topliss-reactive ketones (excluding diaryl/α,β-unsaturated/α-hetero) is 1. The van der Waals surface area contributed by atoms with Crippen molar-refractivity contribution in [3.05, 3.63) is 24.5 Å². The van der Waals surface area contributed by atoms with E-state index in [-0.39, 0.29) is 11.4 Å². The number of piperidine rings is 2. The second-order valence-electron chi connectivity index (χ2n) is 7.46. The molecule has 0 unspecified atom stereocenters. The monoisotopic (exact) mass is 359 g/mol. The van der Waals surface area contributed by atoms with Crippen molar-refractivity contribution in [1.29, 1.82) is 0 Å². The number of hydrogen-bond acceptors (Lipinski definition) is 6. The number of methoxy groups -OCH3 is 1. The van der Waals surface area contributed by atoms with Crippen LogP contribution >= 0.6 is 0 Å². The van der Waals surface area contributed by atoms with Crippen LogP contribution in [0.4, 0.5) is 5.69 Å². The molecule has 0 aromatic carbocycles. The molecule has 2 fully saturated rings. The Kier molecular flexibility index (Phi) is 6.25. The molecule has 2 saturated heterocycles.